The van der Waals surface area contributed by atoms with Crippen molar-refractivity contribution >= 4 is 5.78 Å². The molecule has 0 aliphatic rings. The van der Waals surface area contributed by atoms with E-state index in [1.165, 1.54) is 24.3 Å². The summed E-state index contributed by atoms with van der Waals surface area (Å²) in [5, 5.41) is 0. The molecule has 0 radical (unpaired) electrons. The van der Waals surface area contributed by atoms with Gasteiger partial charge in [-0.2, -0.15) is 0 Å². The number of benzene rings is 4. The van der Waals surface area contributed by atoms with Crippen molar-refractivity contribution < 1.29 is 23.0 Å². The van der Waals surface area contributed by atoms with E-state index in [4.69, 9.17) is 9.47 Å². The first kappa shape index (κ1) is 25.1. The second-order valence-corrected chi connectivity index (χ2v) is 8.76. The minimum absolute atomic E-state index is 0.194. The average molecular weight is 487 g/mol. The smallest absolute Gasteiger partial charge is 0.147 e. The number of rotatable bonds is 10. The van der Waals surface area contributed by atoms with E-state index in [-0.39, 0.29) is 19.0 Å². The monoisotopic (exact) mass is 486 g/mol. The van der Waals surface area contributed by atoms with Gasteiger partial charge in [-0.1, -0.05) is 74.5 Å². The van der Waals surface area contributed by atoms with E-state index in [2.05, 4.69) is 0 Å². The fourth-order valence-corrected chi connectivity index (χ4v) is 4.13. The lowest BCUT2D eigenvalue weighted by molar-refractivity contribution is -0.121. The summed E-state index contributed by atoms with van der Waals surface area (Å²) < 4.78 is 40.3. The molecule has 4 aromatic rings. The van der Waals surface area contributed by atoms with E-state index in [1.54, 1.807) is 26.0 Å². The van der Waals surface area contributed by atoms with Gasteiger partial charge in [0.15, 0.2) is 0 Å². The normalized spacial score (nSPS) is 12.6. The molecular weight excluding hydrogens is 458 g/mol. The van der Waals surface area contributed by atoms with Crippen LogP contribution in [0.5, 0.6) is 11.5 Å². The van der Waals surface area contributed by atoms with Gasteiger partial charge in [-0.25, -0.2) is 8.78 Å². The Morgan fingerprint density at radius 3 is 1.42 bits per heavy atom. The van der Waals surface area contributed by atoms with Crippen molar-refractivity contribution in [1.29, 1.82) is 0 Å². The first-order valence-electron chi connectivity index (χ1n) is 11.9. The van der Waals surface area contributed by atoms with Crippen LogP contribution in [-0.4, -0.2) is 5.78 Å². The Morgan fingerprint density at radius 2 is 1.03 bits per heavy atom. The van der Waals surface area contributed by atoms with E-state index < -0.39 is 23.5 Å². The molecule has 0 aliphatic heterocycles. The van der Waals surface area contributed by atoms with Crippen molar-refractivity contribution in [2.24, 2.45) is 0 Å². The topological polar surface area (TPSA) is 35.5 Å². The number of carbonyl (C=O) groups excluding carboxylic acids is 1. The molecule has 36 heavy (non-hydrogen) atoms. The molecule has 0 heterocycles. The maximum Gasteiger partial charge on any atom is 0.147 e. The average Bonchev–Trinajstić information content (AvgIpc) is 2.91. The summed E-state index contributed by atoms with van der Waals surface area (Å²) in [6.45, 7) is 4.01. The van der Waals surface area contributed by atoms with Crippen LogP contribution in [0.1, 0.15) is 47.9 Å². The van der Waals surface area contributed by atoms with Gasteiger partial charge in [0.05, 0.1) is 0 Å². The summed E-state index contributed by atoms with van der Waals surface area (Å²) in [7, 11) is 0. The van der Waals surface area contributed by atoms with Crippen LogP contribution >= 0.6 is 0 Å². The van der Waals surface area contributed by atoms with Gasteiger partial charge in [0.1, 0.15) is 42.1 Å². The van der Waals surface area contributed by atoms with Crippen LogP contribution in [0.3, 0.4) is 0 Å². The highest BCUT2D eigenvalue weighted by Crippen LogP contribution is 2.36. The predicted molar refractivity (Wildman–Crippen MR) is 136 cm³/mol. The molecule has 0 saturated heterocycles. The Bertz CT molecular complexity index is 1210. The molecule has 3 nitrogen and oxygen atoms in total. The molecule has 0 amide bonds. The molecule has 0 N–H and O–H groups in total. The van der Waals surface area contributed by atoms with Crippen molar-refractivity contribution in [2.75, 3.05) is 0 Å². The van der Waals surface area contributed by atoms with Gasteiger partial charge in [0, 0.05) is 23.0 Å². The maximum absolute atomic E-state index is 14.2. The van der Waals surface area contributed by atoms with Crippen LogP contribution in [0.15, 0.2) is 97.1 Å². The zero-order valence-corrected chi connectivity index (χ0v) is 20.3. The van der Waals surface area contributed by atoms with Crippen molar-refractivity contribution in [3.63, 3.8) is 0 Å². The second-order valence-electron chi connectivity index (χ2n) is 8.76. The van der Waals surface area contributed by atoms with E-state index in [1.807, 2.05) is 60.7 Å². The Kier molecular flexibility index (Phi) is 8.11. The second kappa shape index (κ2) is 11.6. The molecular formula is C31H28F2O3. The largest absolute Gasteiger partial charge is 0.489 e. The van der Waals surface area contributed by atoms with Crippen molar-refractivity contribution in [2.45, 2.75) is 38.9 Å². The molecule has 0 fully saturated rings. The van der Waals surface area contributed by atoms with E-state index >= 15 is 0 Å². The number of Topliss-reactive ketones (excluding diaryl/α,β-unsaturated/α-hetero) is 1. The highest BCUT2D eigenvalue weighted by atomic mass is 19.1. The van der Waals surface area contributed by atoms with Gasteiger partial charge in [0.25, 0.3) is 0 Å². The summed E-state index contributed by atoms with van der Waals surface area (Å²) in [5.74, 6) is -1.61. The molecule has 0 spiro atoms. The van der Waals surface area contributed by atoms with Gasteiger partial charge < -0.3 is 9.47 Å². The predicted octanol–water partition coefficient (Wildman–Crippen LogP) is 7.60. The molecule has 184 valence electrons. The molecule has 2 atom stereocenters. The van der Waals surface area contributed by atoms with Crippen molar-refractivity contribution in [1.82, 2.24) is 0 Å². The summed E-state index contributed by atoms with van der Waals surface area (Å²) in [6, 6.07) is 27.6. The molecule has 5 heteroatoms. The lowest BCUT2D eigenvalue weighted by Crippen LogP contribution is -2.18. The highest BCUT2D eigenvalue weighted by molar-refractivity contribution is 5.92. The van der Waals surface area contributed by atoms with E-state index in [0.29, 0.717) is 22.6 Å². The van der Waals surface area contributed by atoms with Crippen LogP contribution in [0.4, 0.5) is 8.78 Å². The van der Waals surface area contributed by atoms with Crippen LogP contribution in [0.2, 0.25) is 0 Å². The number of halogens is 2. The first-order chi connectivity index (χ1) is 17.4. The van der Waals surface area contributed by atoms with E-state index in [9.17, 15) is 13.6 Å². The molecule has 0 aromatic heterocycles. The Morgan fingerprint density at radius 1 is 0.639 bits per heavy atom. The zero-order chi connectivity index (χ0) is 25.5. The highest BCUT2D eigenvalue weighted by Gasteiger charge is 2.28. The zero-order valence-electron chi connectivity index (χ0n) is 20.3. The Labute approximate surface area is 210 Å². The van der Waals surface area contributed by atoms with Gasteiger partial charge in [-0.3, -0.25) is 4.79 Å². The number of carbonyl (C=O) groups is 1. The summed E-state index contributed by atoms with van der Waals surface area (Å²) >= 11 is 0. The van der Waals surface area contributed by atoms with E-state index in [0.717, 1.165) is 11.1 Å². The van der Waals surface area contributed by atoms with Gasteiger partial charge in [-0.05, 0) is 47.5 Å². The Hall–Kier alpha value is -3.99. The van der Waals surface area contributed by atoms with Gasteiger partial charge >= 0.3 is 0 Å². The van der Waals surface area contributed by atoms with Crippen LogP contribution in [0.25, 0.3) is 0 Å². The summed E-state index contributed by atoms with van der Waals surface area (Å²) in [5.41, 5.74) is 2.82. The van der Waals surface area contributed by atoms with Crippen molar-refractivity contribution in [3.05, 3.63) is 131 Å². The standard InChI is InChI=1S/C31H28F2O3/c1-21(27-17-25(32)13-15-29(27)35-19-23-9-5-3-6-10-23)31(34)22(2)28-18-26(33)14-16-30(28)36-20-24-11-7-4-8-12-24/h3-18,21-22H,19-20H2,1-2H3. The number of ether oxygens (including phenoxy) is 2. The third-order valence-corrected chi connectivity index (χ3v) is 6.20. The number of hydrogen-bond donors (Lipinski definition) is 0. The number of hydrogen-bond acceptors (Lipinski definition) is 3. The SMILES string of the molecule is CC(C(=O)C(C)c1cc(F)ccc1OCc1ccccc1)c1cc(F)ccc1OCc1ccccc1. The molecule has 0 saturated carbocycles. The van der Waals surface area contributed by atoms with Gasteiger partial charge in [-0.15, -0.1) is 0 Å². The number of ketones is 1. The molecule has 4 aromatic carbocycles. The third kappa shape index (κ3) is 6.16. The van der Waals surface area contributed by atoms with Crippen molar-refractivity contribution in [3.8, 4) is 11.5 Å². The summed E-state index contributed by atoms with van der Waals surface area (Å²) in [6.07, 6.45) is 0. The Balaban J connectivity index is 1.55. The fraction of sp³-hybridized carbons (Fsp3) is 0.194. The van der Waals surface area contributed by atoms with Crippen LogP contribution < -0.4 is 9.47 Å². The lowest BCUT2D eigenvalue weighted by atomic mass is 9.85. The van der Waals surface area contributed by atoms with Gasteiger partial charge in [0.2, 0.25) is 0 Å². The first-order valence-corrected chi connectivity index (χ1v) is 11.9. The maximum atomic E-state index is 14.2. The van der Waals surface area contributed by atoms with Crippen LogP contribution in [0, 0.1) is 11.6 Å². The molecule has 0 aliphatic carbocycles. The summed E-state index contributed by atoms with van der Waals surface area (Å²) in [4.78, 5) is 13.6. The molecule has 4 rings (SSSR count). The fourth-order valence-electron chi connectivity index (χ4n) is 4.13. The lowest BCUT2D eigenvalue weighted by Gasteiger charge is -2.22. The minimum atomic E-state index is -0.688. The minimum Gasteiger partial charge on any atom is -0.489 e. The molecule has 2 unspecified atom stereocenters. The molecule has 0 bridgehead atoms. The van der Waals surface area contributed by atoms with Crippen LogP contribution in [-0.2, 0) is 18.0 Å². The third-order valence-electron chi connectivity index (χ3n) is 6.20. The quantitative estimate of drug-likeness (QED) is 0.232.